The Balaban J connectivity index is 1.19. The minimum absolute atomic E-state index is 0.520. The van der Waals surface area contributed by atoms with E-state index in [9.17, 15) is 0 Å². The Labute approximate surface area is 224 Å². The molecule has 2 nitrogen and oxygen atoms in total. The smallest absolute Gasteiger partial charge is 0.120 e. The van der Waals surface area contributed by atoms with E-state index in [1.165, 1.54) is 58.2 Å². The predicted octanol–water partition coefficient (Wildman–Crippen LogP) is 8.53. The first-order chi connectivity index (χ1) is 18.0. The van der Waals surface area contributed by atoms with Gasteiger partial charge in [0.2, 0.25) is 0 Å². The first-order valence-electron chi connectivity index (χ1n) is 13.3. The van der Waals surface area contributed by atoms with Gasteiger partial charge in [0.05, 0.1) is 17.3 Å². The third-order valence-corrected chi connectivity index (χ3v) is 8.88. The molecule has 3 aromatic rings. The number of halogens is 1. The molecule has 0 N–H and O–H groups in total. The largest absolute Gasteiger partial charge is 0.489 e. The lowest BCUT2D eigenvalue weighted by atomic mass is 9.92. The molecule has 1 aliphatic heterocycles. The van der Waals surface area contributed by atoms with E-state index in [1.54, 1.807) is 0 Å². The van der Waals surface area contributed by atoms with Gasteiger partial charge in [-0.2, -0.15) is 0 Å². The summed E-state index contributed by atoms with van der Waals surface area (Å²) >= 11 is 6.66. The zero-order valence-electron chi connectivity index (χ0n) is 21.2. The van der Waals surface area contributed by atoms with Crippen LogP contribution < -0.4 is 4.74 Å². The zero-order valence-corrected chi connectivity index (χ0v) is 21.9. The van der Waals surface area contributed by atoms with Gasteiger partial charge < -0.3 is 4.74 Å². The first-order valence-corrected chi connectivity index (χ1v) is 13.7. The van der Waals surface area contributed by atoms with Crippen molar-refractivity contribution in [1.29, 1.82) is 0 Å². The van der Waals surface area contributed by atoms with Crippen molar-refractivity contribution in [2.45, 2.75) is 38.0 Å². The molecule has 0 aromatic heterocycles. The van der Waals surface area contributed by atoms with E-state index in [0.717, 1.165) is 39.7 Å². The lowest BCUT2D eigenvalue weighted by Crippen LogP contribution is -2.14. The highest BCUT2D eigenvalue weighted by molar-refractivity contribution is 6.36. The van der Waals surface area contributed by atoms with Crippen LogP contribution in [0.1, 0.15) is 70.0 Å². The first kappa shape index (κ1) is 22.8. The molecule has 2 atom stereocenters. The summed E-state index contributed by atoms with van der Waals surface area (Å²) in [7, 11) is 0. The minimum Gasteiger partial charge on any atom is -0.489 e. The third kappa shape index (κ3) is 3.81. The number of nitrogens with zero attached hydrogens (tertiary/aromatic N) is 1. The van der Waals surface area contributed by atoms with E-state index < -0.39 is 0 Å². The molecule has 0 radical (unpaired) electrons. The summed E-state index contributed by atoms with van der Waals surface area (Å²) in [5, 5.41) is 0.760. The molecule has 3 aliphatic carbocycles. The molecule has 3 aromatic carbocycles. The van der Waals surface area contributed by atoms with Crippen LogP contribution in [0.3, 0.4) is 0 Å². The van der Waals surface area contributed by atoms with Gasteiger partial charge in [-0.3, -0.25) is 4.99 Å². The van der Waals surface area contributed by atoms with E-state index in [4.69, 9.17) is 21.3 Å². The van der Waals surface area contributed by atoms with Crippen LogP contribution >= 0.6 is 11.6 Å². The Hall–Kier alpha value is -3.36. The Morgan fingerprint density at radius 3 is 2.51 bits per heavy atom. The molecule has 3 heteroatoms. The molecule has 184 valence electrons. The van der Waals surface area contributed by atoms with Crippen molar-refractivity contribution in [3.8, 4) is 5.75 Å². The maximum Gasteiger partial charge on any atom is 0.120 e. The van der Waals surface area contributed by atoms with Gasteiger partial charge in [0.15, 0.2) is 0 Å². The Morgan fingerprint density at radius 2 is 1.78 bits per heavy atom. The molecule has 0 amide bonds. The van der Waals surface area contributed by atoms with Crippen molar-refractivity contribution >= 4 is 29.0 Å². The number of aryl methyl sites for hydroxylation is 1. The van der Waals surface area contributed by atoms with Crippen LogP contribution in [-0.2, 0) is 0 Å². The summed E-state index contributed by atoms with van der Waals surface area (Å²) in [6.45, 7) is 11.9. The van der Waals surface area contributed by atoms with Gasteiger partial charge in [0.25, 0.3) is 0 Å². The van der Waals surface area contributed by atoms with Crippen LogP contribution in [0.15, 0.2) is 83.9 Å². The molecule has 37 heavy (non-hydrogen) atoms. The molecule has 0 spiro atoms. The van der Waals surface area contributed by atoms with Gasteiger partial charge in [-0.1, -0.05) is 67.2 Å². The van der Waals surface area contributed by atoms with Gasteiger partial charge in [0, 0.05) is 11.1 Å². The van der Waals surface area contributed by atoms with Crippen molar-refractivity contribution in [2.24, 2.45) is 10.9 Å². The van der Waals surface area contributed by atoms with Crippen LogP contribution in [0.4, 0.5) is 0 Å². The average molecular weight is 504 g/mol. The van der Waals surface area contributed by atoms with E-state index in [0.29, 0.717) is 24.4 Å². The fraction of sp³-hybridized carbons (Fsp3) is 0.265. The SMILES string of the molecule is C=Cc1ccc2c(c1)C1CC1c1cc(OCC3=C(C4CC4)CN=C3c3c(C)cccc3Cl)ccc1C2=C. The molecule has 2 unspecified atom stereocenters. The van der Waals surface area contributed by atoms with Gasteiger partial charge in [-0.05, 0) is 107 Å². The van der Waals surface area contributed by atoms with E-state index in [-0.39, 0.29) is 0 Å². The highest BCUT2D eigenvalue weighted by Crippen LogP contribution is 2.60. The summed E-state index contributed by atoms with van der Waals surface area (Å²) in [5.41, 5.74) is 13.5. The fourth-order valence-corrected chi connectivity index (χ4v) is 6.63. The van der Waals surface area contributed by atoms with E-state index in [1.807, 2.05) is 18.2 Å². The molecule has 2 saturated carbocycles. The Morgan fingerprint density at radius 1 is 1.03 bits per heavy atom. The lowest BCUT2D eigenvalue weighted by molar-refractivity contribution is 0.356. The summed E-state index contributed by atoms with van der Waals surface area (Å²) < 4.78 is 6.53. The average Bonchev–Trinajstić information content (AvgIpc) is 3.84. The molecule has 0 bridgehead atoms. The van der Waals surface area contributed by atoms with Gasteiger partial charge >= 0.3 is 0 Å². The second kappa shape index (κ2) is 8.60. The number of fused-ring (bicyclic) bond motifs is 5. The number of ether oxygens (including phenoxy) is 1. The second-order valence-corrected chi connectivity index (χ2v) is 11.3. The molecule has 1 heterocycles. The van der Waals surface area contributed by atoms with Crippen LogP contribution in [-0.4, -0.2) is 18.9 Å². The van der Waals surface area contributed by atoms with Crippen molar-refractivity contribution in [2.75, 3.05) is 13.2 Å². The van der Waals surface area contributed by atoms with Gasteiger partial charge in [-0.25, -0.2) is 0 Å². The van der Waals surface area contributed by atoms with Crippen LogP contribution in [0.25, 0.3) is 11.6 Å². The van der Waals surface area contributed by atoms with Crippen LogP contribution in [0.5, 0.6) is 5.75 Å². The standard InChI is InChI=1S/C34H30ClNO/c1-4-21-8-12-24-20(3)25-13-11-23(15-27(25)29-16-28(29)26(24)14-21)37-18-31-30(22-9-10-22)17-36-34(31)33-19(2)6-5-7-32(33)35/h4-8,11-15,22,28-29H,1,3,9-10,16-18H2,2H3. The molecule has 0 saturated heterocycles. The number of hydrogen-bond acceptors (Lipinski definition) is 2. The quantitative estimate of drug-likeness (QED) is 0.330. The molecule has 2 fully saturated rings. The van der Waals surface area contributed by atoms with Gasteiger partial charge in [-0.15, -0.1) is 0 Å². The number of rotatable bonds is 6. The maximum atomic E-state index is 6.66. The summed E-state index contributed by atoms with van der Waals surface area (Å²) in [5.74, 6) is 2.63. The summed E-state index contributed by atoms with van der Waals surface area (Å²) in [6.07, 6.45) is 5.61. The molecule has 7 rings (SSSR count). The lowest BCUT2D eigenvalue weighted by Gasteiger charge is -2.17. The Bertz CT molecular complexity index is 1530. The molecular weight excluding hydrogens is 474 g/mol. The fourth-order valence-electron chi connectivity index (χ4n) is 6.32. The van der Waals surface area contributed by atoms with Crippen molar-refractivity contribution in [3.05, 3.63) is 123 Å². The monoisotopic (exact) mass is 503 g/mol. The topological polar surface area (TPSA) is 21.6 Å². The number of aliphatic imine (C=N–C) groups is 1. The van der Waals surface area contributed by atoms with E-state index in [2.05, 4.69) is 62.5 Å². The maximum absolute atomic E-state index is 6.66. The van der Waals surface area contributed by atoms with Crippen LogP contribution in [0, 0.1) is 12.8 Å². The summed E-state index contributed by atoms with van der Waals surface area (Å²) in [4.78, 5) is 4.97. The van der Waals surface area contributed by atoms with Crippen molar-refractivity contribution in [3.63, 3.8) is 0 Å². The predicted molar refractivity (Wildman–Crippen MR) is 154 cm³/mol. The zero-order chi connectivity index (χ0) is 25.3. The van der Waals surface area contributed by atoms with Crippen molar-refractivity contribution in [1.82, 2.24) is 0 Å². The highest BCUT2D eigenvalue weighted by atomic mass is 35.5. The second-order valence-electron chi connectivity index (χ2n) is 10.9. The van der Waals surface area contributed by atoms with Crippen molar-refractivity contribution < 1.29 is 4.74 Å². The molecular formula is C34H30ClNO. The minimum atomic E-state index is 0.520. The Kier molecular flexibility index (Phi) is 5.30. The summed E-state index contributed by atoms with van der Waals surface area (Å²) in [6, 6.07) is 19.3. The third-order valence-electron chi connectivity index (χ3n) is 8.57. The van der Waals surface area contributed by atoms with E-state index >= 15 is 0 Å². The number of benzene rings is 3. The van der Waals surface area contributed by atoms with Crippen LogP contribution in [0.2, 0.25) is 5.02 Å². The highest BCUT2D eigenvalue weighted by Gasteiger charge is 2.44. The van der Waals surface area contributed by atoms with Gasteiger partial charge in [0.1, 0.15) is 12.4 Å². The molecule has 4 aliphatic rings. The number of hydrogen-bond donors (Lipinski definition) is 0. The normalized spacial score (nSPS) is 21.6.